The number of rotatable bonds is 5. The molecule has 0 N–H and O–H groups in total. The number of thiol groups is 1. The van der Waals surface area contributed by atoms with Crippen LogP contribution in [-0.4, -0.2) is 14.7 Å². The van der Waals surface area contributed by atoms with E-state index in [9.17, 15) is 13.2 Å². The van der Waals surface area contributed by atoms with Gasteiger partial charge in [-0.1, -0.05) is 42.5 Å². The lowest BCUT2D eigenvalue weighted by atomic mass is 9.86. The Hall–Kier alpha value is -3.12. The first kappa shape index (κ1) is 17.3. The normalized spacial score (nSPS) is 16.1. The van der Waals surface area contributed by atoms with Crippen LogP contribution in [0, 0.1) is 0 Å². The summed E-state index contributed by atoms with van der Waals surface area (Å²) in [6, 6.07) is 18.0. The number of benzene rings is 2. The molecule has 5 nitrogen and oxygen atoms in total. The zero-order valence-corrected chi connectivity index (χ0v) is 15.1. The van der Waals surface area contributed by atoms with Crippen molar-refractivity contribution in [1.29, 1.82) is 0 Å². The number of furan rings is 1. The number of hydrogen-bond donors (Lipinski definition) is 1. The number of ether oxygens (including phenoxy) is 1. The Labute approximate surface area is 157 Å². The largest absolute Gasteiger partial charge is 0.465 e. The molecule has 2 heterocycles. The highest BCUT2D eigenvalue weighted by atomic mass is 32.2. The summed E-state index contributed by atoms with van der Waals surface area (Å²) in [5.41, 5.74) is 2.87. The highest BCUT2D eigenvalue weighted by molar-refractivity contribution is 7.71. The summed E-state index contributed by atoms with van der Waals surface area (Å²) in [5.74, 6) is 1.17. The molecule has 0 radical (unpaired) electrons. The molecule has 0 saturated carbocycles. The van der Waals surface area contributed by atoms with Gasteiger partial charge >= 0.3 is 0 Å². The van der Waals surface area contributed by atoms with Crippen LogP contribution in [0.5, 0.6) is 5.75 Å². The Morgan fingerprint density at radius 3 is 2.41 bits per heavy atom. The molecule has 27 heavy (non-hydrogen) atoms. The second-order valence-corrected chi connectivity index (χ2v) is 7.14. The second-order valence-electron chi connectivity index (χ2n) is 6.16. The van der Waals surface area contributed by atoms with Crippen LogP contribution in [0.4, 0.5) is 0 Å². The van der Waals surface area contributed by atoms with Gasteiger partial charge in [-0.25, -0.2) is 8.42 Å². The van der Waals surface area contributed by atoms with Crippen molar-refractivity contribution in [3.05, 3.63) is 89.4 Å². The maximum absolute atomic E-state index is 12.0. The van der Waals surface area contributed by atoms with Crippen LogP contribution in [0.1, 0.15) is 28.4 Å². The topological polar surface area (TPSA) is 73.6 Å². The Morgan fingerprint density at radius 1 is 0.963 bits per heavy atom. The van der Waals surface area contributed by atoms with Crippen molar-refractivity contribution in [2.45, 2.75) is 11.7 Å². The zero-order chi connectivity index (χ0) is 18.8. The maximum atomic E-state index is 12.0. The number of allylic oxidation sites excluding steroid dienone is 1. The molecule has 136 valence electrons. The number of aldehydes is 1. The Kier molecular flexibility index (Phi) is 4.64. The maximum Gasteiger partial charge on any atom is 0.144 e. The zero-order valence-electron chi connectivity index (χ0n) is 14.2. The van der Waals surface area contributed by atoms with Crippen LogP contribution < -0.4 is 4.74 Å². The molecule has 0 saturated heterocycles. The van der Waals surface area contributed by atoms with Crippen molar-refractivity contribution >= 4 is 28.3 Å². The third kappa shape index (κ3) is 3.31. The van der Waals surface area contributed by atoms with E-state index in [4.69, 9.17) is 9.15 Å². The van der Waals surface area contributed by atoms with Gasteiger partial charge in [0.15, 0.2) is 0 Å². The van der Waals surface area contributed by atoms with E-state index >= 15 is 0 Å². The first-order valence-corrected chi connectivity index (χ1v) is 9.75. The van der Waals surface area contributed by atoms with Gasteiger partial charge in [0.1, 0.15) is 34.3 Å². The smallest absolute Gasteiger partial charge is 0.144 e. The number of carbonyl (C=O) groups excluding carboxylic acids is 1. The second kappa shape index (κ2) is 7.25. The van der Waals surface area contributed by atoms with Gasteiger partial charge in [-0.2, -0.15) is 0 Å². The summed E-state index contributed by atoms with van der Waals surface area (Å²) in [6.07, 6.45) is 2.44. The summed E-state index contributed by atoms with van der Waals surface area (Å²) in [4.78, 5) is 12.0. The molecule has 1 aromatic heterocycles. The highest BCUT2D eigenvalue weighted by Gasteiger charge is 2.32. The lowest BCUT2D eigenvalue weighted by molar-refractivity contribution is -0.108. The van der Waals surface area contributed by atoms with Crippen LogP contribution in [0.25, 0.3) is 11.3 Å². The minimum Gasteiger partial charge on any atom is -0.465 e. The number of carbonyl (C=O) groups is 1. The number of hydrogen-bond acceptors (Lipinski definition) is 5. The van der Waals surface area contributed by atoms with Crippen molar-refractivity contribution in [2.75, 3.05) is 0 Å². The fourth-order valence-corrected chi connectivity index (χ4v) is 3.76. The quantitative estimate of drug-likeness (QED) is 0.540. The van der Waals surface area contributed by atoms with E-state index in [1.165, 1.54) is 0 Å². The molecule has 0 aliphatic carbocycles. The standard InChI is InChI=1S/C21H16O5S/c22-12-17-16-4-1-2-5-18(16)26-21(20(17)19-6-3-11-25-19)15-9-7-14(8-10-15)13-27(23)24/h1-12,17,27H,13H2. The van der Waals surface area contributed by atoms with Crippen molar-refractivity contribution in [2.24, 2.45) is 0 Å². The van der Waals surface area contributed by atoms with E-state index < -0.39 is 16.6 Å². The fourth-order valence-electron chi connectivity index (χ4n) is 3.26. The SMILES string of the molecule is O=CC1C(c2ccco2)=C(c2ccc(C[SH](=O)=O)cc2)Oc2ccccc21. The number of fused-ring (bicyclic) bond motifs is 1. The fraction of sp³-hybridized carbons (Fsp3) is 0.0952. The molecule has 3 aromatic rings. The minimum atomic E-state index is -2.49. The monoisotopic (exact) mass is 380 g/mol. The first-order valence-electron chi connectivity index (χ1n) is 8.38. The van der Waals surface area contributed by atoms with Gasteiger partial charge in [-0.15, -0.1) is 0 Å². The van der Waals surface area contributed by atoms with E-state index in [1.54, 1.807) is 42.7 Å². The predicted octanol–water partition coefficient (Wildman–Crippen LogP) is 3.63. The minimum absolute atomic E-state index is 0.0135. The molecular formula is C21H16O5S. The molecule has 0 spiro atoms. The third-order valence-corrected chi connectivity index (χ3v) is 5.10. The Balaban J connectivity index is 1.87. The van der Waals surface area contributed by atoms with Crippen molar-refractivity contribution in [3.8, 4) is 5.75 Å². The van der Waals surface area contributed by atoms with Crippen LogP contribution in [0.15, 0.2) is 71.3 Å². The Bertz CT molecular complexity index is 1070. The van der Waals surface area contributed by atoms with Gasteiger partial charge in [0.25, 0.3) is 0 Å². The van der Waals surface area contributed by atoms with Crippen LogP contribution in [0.3, 0.4) is 0 Å². The molecule has 1 aliphatic heterocycles. The molecule has 0 fully saturated rings. The van der Waals surface area contributed by atoms with E-state index in [2.05, 4.69) is 0 Å². The van der Waals surface area contributed by atoms with Gasteiger partial charge in [0, 0.05) is 11.1 Å². The van der Waals surface area contributed by atoms with E-state index in [0.717, 1.165) is 17.4 Å². The average Bonchev–Trinajstić information content (AvgIpc) is 3.21. The first-order chi connectivity index (χ1) is 13.2. The molecule has 1 aliphatic rings. The lowest BCUT2D eigenvalue weighted by Crippen LogP contribution is -2.15. The van der Waals surface area contributed by atoms with Crippen molar-refractivity contribution in [3.63, 3.8) is 0 Å². The van der Waals surface area contributed by atoms with Crippen molar-refractivity contribution < 1.29 is 22.4 Å². The highest BCUT2D eigenvalue weighted by Crippen LogP contribution is 2.45. The molecule has 2 aromatic carbocycles. The molecule has 1 unspecified atom stereocenters. The lowest BCUT2D eigenvalue weighted by Gasteiger charge is -2.27. The summed E-state index contributed by atoms with van der Waals surface area (Å²) < 4.78 is 33.6. The van der Waals surface area contributed by atoms with Crippen LogP contribution in [0.2, 0.25) is 0 Å². The summed E-state index contributed by atoms with van der Waals surface area (Å²) in [6.45, 7) is 0. The summed E-state index contributed by atoms with van der Waals surface area (Å²) in [5, 5.41) is 0. The molecule has 6 heteroatoms. The van der Waals surface area contributed by atoms with Gasteiger partial charge in [0.2, 0.25) is 0 Å². The summed E-state index contributed by atoms with van der Waals surface area (Å²) in [7, 11) is -2.49. The van der Waals surface area contributed by atoms with Gasteiger partial charge in [0.05, 0.1) is 23.5 Å². The predicted molar refractivity (Wildman–Crippen MR) is 102 cm³/mol. The van der Waals surface area contributed by atoms with Gasteiger partial charge in [-0.3, -0.25) is 0 Å². The molecule has 0 amide bonds. The van der Waals surface area contributed by atoms with E-state index in [0.29, 0.717) is 28.4 Å². The molecular weight excluding hydrogens is 364 g/mol. The van der Waals surface area contributed by atoms with Crippen LogP contribution >= 0.6 is 0 Å². The molecule has 0 bridgehead atoms. The van der Waals surface area contributed by atoms with Gasteiger partial charge < -0.3 is 13.9 Å². The van der Waals surface area contributed by atoms with E-state index in [1.807, 2.05) is 24.3 Å². The van der Waals surface area contributed by atoms with Crippen LogP contribution in [-0.2, 0) is 21.3 Å². The van der Waals surface area contributed by atoms with Gasteiger partial charge in [-0.05, 0) is 23.8 Å². The van der Waals surface area contributed by atoms with E-state index in [-0.39, 0.29) is 5.75 Å². The molecule has 4 rings (SSSR count). The summed E-state index contributed by atoms with van der Waals surface area (Å²) >= 11 is 0. The third-order valence-electron chi connectivity index (χ3n) is 4.47. The number of para-hydroxylation sites is 1. The van der Waals surface area contributed by atoms with Crippen molar-refractivity contribution in [1.82, 2.24) is 0 Å². The average molecular weight is 380 g/mol. The Morgan fingerprint density at radius 2 is 1.74 bits per heavy atom. The molecule has 1 atom stereocenters.